The third-order valence-corrected chi connectivity index (χ3v) is 8.85. The van der Waals surface area contributed by atoms with Crippen molar-refractivity contribution in [2.45, 2.75) is 87.5 Å². The Morgan fingerprint density at radius 2 is 1.21 bits per heavy atom. The van der Waals surface area contributed by atoms with Gasteiger partial charge in [-0.15, -0.1) is 10.2 Å². The summed E-state index contributed by atoms with van der Waals surface area (Å²) in [6.45, 7) is 11.2. The molecule has 3 heterocycles. The van der Waals surface area contributed by atoms with E-state index in [0.717, 1.165) is 70.1 Å². The molecule has 0 unspecified atom stereocenters. The largest absolute Gasteiger partial charge is 0.490 e. The smallest absolute Gasteiger partial charge is 0.278 e. The molecule has 0 fully saturated rings. The first-order chi connectivity index (χ1) is 20.5. The molecule has 0 saturated heterocycles. The summed E-state index contributed by atoms with van der Waals surface area (Å²) in [7, 11) is 0. The van der Waals surface area contributed by atoms with E-state index < -0.39 is 10.5 Å². The Balaban J connectivity index is 1.09. The second kappa shape index (κ2) is 13.2. The summed E-state index contributed by atoms with van der Waals surface area (Å²) in [5, 5.41) is 15.9. The Morgan fingerprint density at radius 3 is 1.63 bits per heavy atom. The molecule has 2 aromatic carbocycles. The molecule has 13 heteroatoms. The van der Waals surface area contributed by atoms with Gasteiger partial charge in [-0.05, 0) is 100 Å². The van der Waals surface area contributed by atoms with Crippen LogP contribution in [-0.2, 0) is 22.4 Å². The van der Waals surface area contributed by atoms with E-state index in [2.05, 4.69) is 31.3 Å². The first-order valence-electron chi connectivity index (χ1n) is 14.0. The lowest BCUT2D eigenvalue weighted by Gasteiger charge is -2.09. The van der Waals surface area contributed by atoms with Crippen molar-refractivity contribution in [3.63, 3.8) is 0 Å². The number of benzene rings is 2. The summed E-state index contributed by atoms with van der Waals surface area (Å²) in [5.74, 6) is 1.18. The number of ether oxygens (including phenoxy) is 2. The molecule has 0 spiro atoms. The summed E-state index contributed by atoms with van der Waals surface area (Å²) in [5.41, 5.74) is 10.7. The molecule has 1 aromatic heterocycles. The summed E-state index contributed by atoms with van der Waals surface area (Å²) in [6.07, 6.45) is 2.02. The monoisotopic (exact) mass is 622 g/mol. The van der Waals surface area contributed by atoms with Crippen LogP contribution < -0.4 is 20.3 Å². The Labute approximate surface area is 258 Å². The third-order valence-electron chi connectivity index (χ3n) is 6.98. The molecule has 3 aromatic rings. The van der Waals surface area contributed by atoms with Crippen LogP contribution >= 0.6 is 23.5 Å². The maximum absolute atomic E-state index is 12.7. The zero-order valence-electron chi connectivity index (χ0n) is 24.8. The number of aromatic nitrogens is 2. The van der Waals surface area contributed by atoms with Gasteiger partial charge < -0.3 is 13.9 Å². The van der Waals surface area contributed by atoms with E-state index in [0.29, 0.717) is 11.4 Å². The average Bonchev–Trinajstić information content (AvgIpc) is 3.69. The van der Waals surface area contributed by atoms with E-state index in [1.807, 2.05) is 64.1 Å². The minimum absolute atomic E-state index is 0.161. The molecule has 0 saturated carbocycles. The lowest BCUT2D eigenvalue weighted by atomic mass is 10.0. The fourth-order valence-electron chi connectivity index (χ4n) is 4.58. The van der Waals surface area contributed by atoms with Gasteiger partial charge in [-0.1, -0.05) is 23.5 Å². The van der Waals surface area contributed by atoms with Crippen molar-refractivity contribution in [3.05, 3.63) is 58.7 Å². The van der Waals surface area contributed by atoms with E-state index >= 15 is 0 Å². The highest BCUT2D eigenvalue weighted by atomic mass is 32.2. The normalized spacial score (nSPS) is 19.1. The predicted octanol–water partition coefficient (Wildman–Crippen LogP) is 4.76. The Morgan fingerprint density at radius 1 is 0.791 bits per heavy atom. The van der Waals surface area contributed by atoms with Gasteiger partial charge in [0.25, 0.3) is 22.3 Å². The summed E-state index contributed by atoms with van der Waals surface area (Å²) in [6, 6.07) is 11.8. The third kappa shape index (κ3) is 7.57. The first-order valence-corrected chi connectivity index (χ1v) is 15.8. The van der Waals surface area contributed by atoms with Crippen LogP contribution in [0.2, 0.25) is 0 Å². The number of hydrazone groups is 2. The number of hydrogen-bond donors (Lipinski definition) is 2. The summed E-state index contributed by atoms with van der Waals surface area (Å²) < 4.78 is 17.2. The van der Waals surface area contributed by atoms with E-state index in [-0.39, 0.29) is 34.5 Å². The molecule has 0 radical (unpaired) electrons. The molecule has 2 N–H and O–H groups in total. The number of fused-ring (bicyclic) bond motifs is 2. The van der Waals surface area contributed by atoms with Gasteiger partial charge in [-0.2, -0.15) is 10.2 Å². The van der Waals surface area contributed by atoms with Crippen molar-refractivity contribution in [1.82, 2.24) is 21.0 Å². The van der Waals surface area contributed by atoms with Crippen LogP contribution in [0.5, 0.6) is 11.5 Å². The second-order valence-corrected chi connectivity index (χ2v) is 13.2. The maximum Gasteiger partial charge on any atom is 0.278 e. The topological polar surface area (TPSA) is 140 Å². The second-order valence-electron chi connectivity index (χ2n) is 10.6. The van der Waals surface area contributed by atoms with Crippen molar-refractivity contribution in [2.24, 2.45) is 10.2 Å². The van der Waals surface area contributed by atoms with Gasteiger partial charge in [0.05, 0.1) is 21.9 Å². The summed E-state index contributed by atoms with van der Waals surface area (Å²) in [4.78, 5) is 25.3. The molecule has 2 aliphatic rings. The highest BCUT2D eigenvalue weighted by Crippen LogP contribution is 2.31. The average molecular weight is 623 g/mol. The highest BCUT2D eigenvalue weighted by Gasteiger charge is 2.23. The minimum Gasteiger partial charge on any atom is -0.490 e. The Hall–Kier alpha value is -3.84. The Bertz CT molecular complexity index is 1470. The van der Waals surface area contributed by atoms with E-state index in [1.54, 1.807) is 13.8 Å². The van der Waals surface area contributed by atoms with E-state index in [4.69, 9.17) is 13.9 Å². The van der Waals surface area contributed by atoms with Gasteiger partial charge in [-0.3, -0.25) is 9.59 Å². The fraction of sp³-hybridized carbons (Fsp3) is 0.400. The van der Waals surface area contributed by atoms with Crippen LogP contribution in [0.3, 0.4) is 0 Å². The quantitative estimate of drug-likeness (QED) is 0.186. The highest BCUT2D eigenvalue weighted by molar-refractivity contribution is 8.01. The van der Waals surface area contributed by atoms with Gasteiger partial charge in [-0.25, -0.2) is 10.9 Å². The van der Waals surface area contributed by atoms with Crippen LogP contribution in [0.15, 0.2) is 61.5 Å². The van der Waals surface area contributed by atoms with Crippen LogP contribution in [0.4, 0.5) is 0 Å². The summed E-state index contributed by atoms with van der Waals surface area (Å²) >= 11 is 2.22. The molecule has 226 valence electrons. The zero-order chi connectivity index (χ0) is 30.7. The standard InChI is InChI=1S/C30H34N6O5S2/c1-15-11-23-13-21(7-9-25(23)39-15)17(3)31-33-27(37)19(5)42-29-35-36-30(41-29)43-20(6)28(38)34-32-18(4)22-8-10-26-24(14-22)12-16(2)40-26/h7-10,13-16,19-20H,11-12H2,1-6H3,(H,33,37)(H,34,38)/b31-17-,32-18-/t15-,16-,19-,20+/m0/s1. The van der Waals surface area contributed by atoms with Crippen LogP contribution in [0.25, 0.3) is 0 Å². The van der Waals surface area contributed by atoms with E-state index in [9.17, 15) is 9.59 Å². The number of amides is 2. The lowest BCUT2D eigenvalue weighted by Crippen LogP contribution is -2.27. The molecule has 2 amide bonds. The molecule has 4 atom stereocenters. The van der Waals surface area contributed by atoms with Crippen LogP contribution in [-0.4, -0.2) is 56.1 Å². The number of hydrogen-bond acceptors (Lipinski definition) is 11. The van der Waals surface area contributed by atoms with E-state index in [1.165, 1.54) is 0 Å². The maximum atomic E-state index is 12.7. The van der Waals surface area contributed by atoms with Crippen molar-refractivity contribution >= 4 is 46.8 Å². The molecule has 43 heavy (non-hydrogen) atoms. The Kier molecular flexibility index (Phi) is 9.40. The number of nitrogens with one attached hydrogen (secondary N) is 2. The van der Waals surface area contributed by atoms with Crippen LogP contribution in [0, 0.1) is 0 Å². The van der Waals surface area contributed by atoms with Gasteiger partial charge in [0, 0.05) is 12.8 Å². The van der Waals surface area contributed by atoms with Gasteiger partial charge in [0.1, 0.15) is 23.7 Å². The number of carbonyl (C=O) groups excluding carboxylic acids is 2. The molecule has 0 bridgehead atoms. The molecule has 2 aliphatic heterocycles. The van der Waals surface area contributed by atoms with Gasteiger partial charge in [0.15, 0.2) is 0 Å². The van der Waals surface area contributed by atoms with Gasteiger partial charge >= 0.3 is 0 Å². The SMILES string of the molecule is C/C(=N/NC(=O)[C@H](C)Sc1nnc(S[C@H](C)C(=O)N/N=C(/C)c2ccc3c(c2)C[C@H](C)O3)o1)c1ccc2c(c1)C[C@H](C)O2. The number of carbonyl (C=O) groups is 2. The molecular weight excluding hydrogens is 589 g/mol. The number of nitrogens with zero attached hydrogens (tertiary/aromatic N) is 4. The molecule has 0 aliphatic carbocycles. The molecular formula is C30H34N6O5S2. The lowest BCUT2D eigenvalue weighted by molar-refractivity contribution is -0.121. The van der Waals surface area contributed by atoms with Crippen molar-refractivity contribution in [2.75, 3.05) is 0 Å². The molecule has 5 rings (SSSR count). The van der Waals surface area contributed by atoms with Crippen LogP contribution in [0.1, 0.15) is 63.8 Å². The number of rotatable bonds is 10. The van der Waals surface area contributed by atoms with Crippen molar-refractivity contribution < 1.29 is 23.5 Å². The fourth-order valence-corrected chi connectivity index (χ4v) is 5.99. The molecule has 11 nitrogen and oxygen atoms in total. The zero-order valence-corrected chi connectivity index (χ0v) is 26.5. The van der Waals surface area contributed by atoms with Gasteiger partial charge in [0.2, 0.25) is 0 Å². The van der Waals surface area contributed by atoms with Crippen molar-refractivity contribution in [1.29, 1.82) is 0 Å². The number of thioether (sulfide) groups is 2. The van der Waals surface area contributed by atoms with Crippen molar-refractivity contribution in [3.8, 4) is 11.5 Å². The minimum atomic E-state index is -0.545. The predicted molar refractivity (Wildman–Crippen MR) is 166 cm³/mol. The first kappa shape index (κ1) is 30.6.